The summed E-state index contributed by atoms with van der Waals surface area (Å²) in [5.41, 5.74) is 7.55. The van der Waals surface area contributed by atoms with Crippen molar-refractivity contribution in [1.29, 1.82) is 0 Å². The second-order valence-corrected chi connectivity index (χ2v) is 16.8. The first-order valence-electron chi connectivity index (χ1n) is 19.7. The van der Waals surface area contributed by atoms with E-state index >= 15 is 0 Å². The van der Waals surface area contributed by atoms with Gasteiger partial charge in [-0.25, -0.2) is 9.59 Å². The first-order valence-corrected chi connectivity index (χ1v) is 20.7. The Morgan fingerprint density at radius 1 is 0.627 bits per heavy atom. The van der Waals surface area contributed by atoms with E-state index in [4.69, 9.17) is 9.47 Å². The SMILES string of the molecule is CC(C)(C)Oc1ccc(C[C@H](NC(=O)[C@H](CSC(c2ccccc2)(c2ccccc2)c2ccccc2)NC(=O)OCC2c3ccccc3-c3ccccc32)C(=O)O)cc1. The molecule has 0 saturated heterocycles. The maximum Gasteiger partial charge on any atom is 0.407 e. The molecule has 0 aromatic heterocycles. The number of ether oxygens (including phenoxy) is 2. The largest absolute Gasteiger partial charge is 0.488 e. The minimum absolute atomic E-state index is 0.0175. The normalized spacial score (nSPS) is 13.3. The van der Waals surface area contributed by atoms with Gasteiger partial charge in [0.15, 0.2) is 0 Å². The third-order valence-electron chi connectivity index (χ3n) is 10.4. The number of carboxylic acid groups (broad SMARTS) is 1. The van der Waals surface area contributed by atoms with Gasteiger partial charge in [-0.15, -0.1) is 11.8 Å². The van der Waals surface area contributed by atoms with Crippen LogP contribution in [0.2, 0.25) is 0 Å². The highest BCUT2D eigenvalue weighted by Gasteiger charge is 2.39. The van der Waals surface area contributed by atoms with Gasteiger partial charge in [-0.3, -0.25) is 4.79 Å². The van der Waals surface area contributed by atoms with Crippen LogP contribution >= 0.6 is 11.8 Å². The van der Waals surface area contributed by atoms with Gasteiger partial charge in [0.2, 0.25) is 5.91 Å². The highest BCUT2D eigenvalue weighted by Crippen LogP contribution is 2.49. The minimum Gasteiger partial charge on any atom is -0.488 e. The molecule has 300 valence electrons. The zero-order valence-corrected chi connectivity index (χ0v) is 34.2. The van der Waals surface area contributed by atoms with Crippen molar-refractivity contribution in [3.05, 3.63) is 197 Å². The van der Waals surface area contributed by atoms with Crippen LogP contribution < -0.4 is 15.4 Å². The summed E-state index contributed by atoms with van der Waals surface area (Å²) in [6, 6.07) is 50.9. The number of carbonyl (C=O) groups is 3. The highest BCUT2D eigenvalue weighted by molar-refractivity contribution is 8.00. The van der Waals surface area contributed by atoms with Gasteiger partial charge in [0.05, 0.1) is 4.75 Å². The van der Waals surface area contributed by atoms with Gasteiger partial charge < -0.3 is 25.2 Å². The summed E-state index contributed by atoms with van der Waals surface area (Å²) in [6.07, 6.45) is -0.761. The second-order valence-electron chi connectivity index (χ2n) is 15.6. The third kappa shape index (κ3) is 9.53. The first kappa shape index (κ1) is 40.9. The Labute approximate surface area is 350 Å². The van der Waals surface area contributed by atoms with Crippen molar-refractivity contribution < 1.29 is 29.0 Å². The number of carbonyl (C=O) groups excluding carboxylic acids is 2. The second kappa shape index (κ2) is 18.1. The molecular weight excluding hydrogens is 757 g/mol. The van der Waals surface area contributed by atoms with Crippen LogP contribution in [0.15, 0.2) is 164 Å². The van der Waals surface area contributed by atoms with E-state index in [1.165, 1.54) is 11.8 Å². The number of rotatable bonds is 15. The standard InChI is InChI=1S/C50H48N2O6S/c1-49(2,3)58-38-29-27-34(28-30-38)31-44(47(54)55)51-46(53)45(52-48(56)57-32-43-41-25-15-13-23-39(41)40-24-14-16-26-42(40)43)33-59-50(35-17-7-4-8-18-35,36-19-9-5-10-20-36)37-21-11-6-12-22-37/h4-30,43-45H,31-33H2,1-3H3,(H,51,53)(H,52,56)(H,54,55)/t44-,45-/m0/s1. The van der Waals surface area contributed by atoms with Crippen molar-refractivity contribution >= 4 is 29.7 Å². The number of thioether (sulfide) groups is 1. The maximum atomic E-state index is 14.4. The van der Waals surface area contributed by atoms with E-state index in [9.17, 15) is 19.5 Å². The molecule has 0 saturated carbocycles. The van der Waals surface area contributed by atoms with Crippen LogP contribution in [-0.2, 0) is 25.5 Å². The monoisotopic (exact) mass is 804 g/mol. The molecule has 9 heteroatoms. The lowest BCUT2D eigenvalue weighted by molar-refractivity contribution is -0.142. The number of nitrogens with one attached hydrogen (secondary N) is 2. The molecule has 7 rings (SSSR count). The Bertz CT molecular complexity index is 2220. The molecule has 0 aliphatic heterocycles. The van der Waals surface area contributed by atoms with E-state index in [1.54, 1.807) is 24.3 Å². The molecule has 8 nitrogen and oxygen atoms in total. The first-order chi connectivity index (χ1) is 28.5. The average molecular weight is 805 g/mol. The number of benzene rings is 6. The molecule has 0 spiro atoms. The summed E-state index contributed by atoms with van der Waals surface area (Å²) in [5.74, 6) is -1.31. The Morgan fingerprint density at radius 3 is 1.58 bits per heavy atom. The van der Waals surface area contributed by atoms with Gasteiger partial charge in [-0.1, -0.05) is 152 Å². The molecule has 59 heavy (non-hydrogen) atoms. The van der Waals surface area contributed by atoms with E-state index in [2.05, 4.69) is 59.2 Å². The summed E-state index contributed by atoms with van der Waals surface area (Å²) >= 11 is 1.48. The van der Waals surface area contributed by atoms with Gasteiger partial charge >= 0.3 is 12.1 Å². The topological polar surface area (TPSA) is 114 Å². The van der Waals surface area contributed by atoms with Crippen LogP contribution in [0.3, 0.4) is 0 Å². The fourth-order valence-corrected chi connectivity index (χ4v) is 9.26. The average Bonchev–Trinajstić information content (AvgIpc) is 3.57. The fraction of sp³-hybridized carbons (Fsp3) is 0.220. The Balaban J connectivity index is 1.17. The van der Waals surface area contributed by atoms with E-state index in [-0.39, 0.29) is 24.7 Å². The van der Waals surface area contributed by atoms with E-state index < -0.39 is 40.4 Å². The predicted molar refractivity (Wildman–Crippen MR) is 234 cm³/mol. The smallest absolute Gasteiger partial charge is 0.407 e. The predicted octanol–water partition coefficient (Wildman–Crippen LogP) is 9.61. The molecular formula is C50H48N2O6S. The van der Waals surface area contributed by atoms with Crippen LogP contribution in [0.4, 0.5) is 4.79 Å². The molecule has 3 N–H and O–H groups in total. The van der Waals surface area contributed by atoms with Crippen LogP contribution in [0, 0.1) is 0 Å². The Morgan fingerprint density at radius 2 is 1.10 bits per heavy atom. The lowest BCUT2D eigenvalue weighted by atomic mass is 9.84. The summed E-state index contributed by atoms with van der Waals surface area (Å²) in [6.45, 7) is 5.90. The lowest BCUT2D eigenvalue weighted by Crippen LogP contribution is -2.53. The number of hydrogen-bond acceptors (Lipinski definition) is 6. The van der Waals surface area contributed by atoms with Crippen molar-refractivity contribution in [1.82, 2.24) is 10.6 Å². The molecule has 0 radical (unpaired) electrons. The zero-order chi connectivity index (χ0) is 41.4. The number of amides is 2. The third-order valence-corrected chi connectivity index (χ3v) is 12.0. The minimum atomic E-state index is -1.28. The van der Waals surface area contributed by atoms with Crippen LogP contribution in [-0.4, -0.2) is 53.1 Å². The molecule has 6 aromatic carbocycles. The van der Waals surface area contributed by atoms with Crippen molar-refractivity contribution in [2.45, 2.75) is 55.5 Å². The van der Waals surface area contributed by atoms with Gasteiger partial charge in [0.1, 0.15) is 30.0 Å². The molecule has 0 unspecified atom stereocenters. The molecule has 1 aliphatic rings. The molecule has 2 atom stereocenters. The van der Waals surface area contributed by atoms with E-state index in [1.807, 2.05) is 112 Å². The quantitative estimate of drug-likeness (QED) is 0.0887. The van der Waals surface area contributed by atoms with Crippen LogP contribution in [0.1, 0.15) is 60.1 Å². The summed E-state index contributed by atoms with van der Waals surface area (Å²) in [7, 11) is 0. The number of alkyl carbamates (subject to hydrolysis) is 1. The van der Waals surface area contributed by atoms with Crippen molar-refractivity contribution in [2.24, 2.45) is 0 Å². The van der Waals surface area contributed by atoms with Crippen molar-refractivity contribution in [3.63, 3.8) is 0 Å². The van der Waals surface area contributed by atoms with Crippen LogP contribution in [0.25, 0.3) is 11.1 Å². The molecule has 0 bridgehead atoms. The van der Waals surface area contributed by atoms with Crippen LogP contribution in [0.5, 0.6) is 5.75 Å². The zero-order valence-electron chi connectivity index (χ0n) is 33.3. The molecule has 6 aromatic rings. The molecule has 1 aliphatic carbocycles. The number of carboxylic acids is 1. The Hall–Kier alpha value is -6.32. The summed E-state index contributed by atoms with van der Waals surface area (Å²) < 4.78 is 11.1. The fourth-order valence-electron chi connectivity index (χ4n) is 7.70. The number of aliphatic carboxylic acids is 1. The highest BCUT2D eigenvalue weighted by atomic mass is 32.2. The van der Waals surface area contributed by atoms with Crippen molar-refractivity contribution in [2.75, 3.05) is 12.4 Å². The van der Waals surface area contributed by atoms with Gasteiger partial charge in [-0.2, -0.15) is 0 Å². The van der Waals surface area contributed by atoms with Crippen molar-refractivity contribution in [3.8, 4) is 16.9 Å². The van der Waals surface area contributed by atoms with Gasteiger partial charge in [0, 0.05) is 18.1 Å². The summed E-state index contributed by atoms with van der Waals surface area (Å²) in [5, 5.41) is 16.0. The molecule has 0 fully saturated rings. The maximum absolute atomic E-state index is 14.4. The lowest BCUT2D eigenvalue weighted by Gasteiger charge is -2.36. The van der Waals surface area contributed by atoms with Gasteiger partial charge in [-0.05, 0) is 77.4 Å². The number of fused-ring (bicyclic) bond motifs is 3. The van der Waals surface area contributed by atoms with E-state index in [0.29, 0.717) is 11.3 Å². The molecule has 0 heterocycles. The van der Waals surface area contributed by atoms with E-state index in [0.717, 1.165) is 38.9 Å². The Kier molecular flexibility index (Phi) is 12.5. The number of hydrogen-bond donors (Lipinski definition) is 3. The summed E-state index contributed by atoms with van der Waals surface area (Å²) in [4.78, 5) is 41.0. The molecule has 2 amide bonds. The van der Waals surface area contributed by atoms with Gasteiger partial charge in [0.25, 0.3) is 0 Å².